The summed E-state index contributed by atoms with van der Waals surface area (Å²) >= 11 is 0. The topological polar surface area (TPSA) is 64.0 Å². The van der Waals surface area contributed by atoms with E-state index in [4.69, 9.17) is 0 Å². The molecule has 3 aromatic rings. The minimum Gasteiger partial charge on any atom is -0.269 e. The van der Waals surface area contributed by atoms with Crippen molar-refractivity contribution in [3.8, 4) is 0 Å². The van der Waals surface area contributed by atoms with Crippen molar-refractivity contribution in [2.45, 2.75) is 31.3 Å². The lowest BCUT2D eigenvalue weighted by Gasteiger charge is -2.19. The van der Waals surface area contributed by atoms with Gasteiger partial charge >= 0.3 is 0 Å². The Morgan fingerprint density at radius 2 is 1.52 bits per heavy atom. The number of benzene rings is 2. The first-order chi connectivity index (χ1) is 12.0. The van der Waals surface area contributed by atoms with Crippen molar-refractivity contribution in [2.24, 2.45) is 0 Å². The third-order valence-corrected chi connectivity index (χ3v) is 5.71. The van der Waals surface area contributed by atoms with Crippen molar-refractivity contribution in [3.05, 3.63) is 83.7 Å². The number of hydrogen-bond acceptors (Lipinski definition) is 3. The zero-order valence-electron chi connectivity index (χ0n) is 14.3. The number of aromatic nitrogens is 2. The van der Waals surface area contributed by atoms with E-state index in [1.807, 2.05) is 67.6 Å². The quantitative estimate of drug-likeness (QED) is 0.738. The fourth-order valence-corrected chi connectivity index (χ4v) is 4.24. The van der Waals surface area contributed by atoms with Crippen LogP contribution in [-0.2, 0) is 16.6 Å². The number of nitrogens with zero attached hydrogens (tertiary/aromatic N) is 2. The third-order valence-electron chi connectivity index (χ3n) is 4.19. The van der Waals surface area contributed by atoms with E-state index in [1.165, 1.54) is 6.20 Å². The second-order valence-electron chi connectivity index (χ2n) is 5.79. The van der Waals surface area contributed by atoms with Crippen LogP contribution < -0.4 is 4.72 Å². The largest absolute Gasteiger partial charge is 0.269 e. The van der Waals surface area contributed by atoms with Gasteiger partial charge in [0.05, 0.1) is 17.9 Å². The Kier molecular flexibility index (Phi) is 5.01. The van der Waals surface area contributed by atoms with Crippen molar-refractivity contribution in [1.82, 2.24) is 14.5 Å². The highest BCUT2D eigenvalue weighted by molar-refractivity contribution is 7.89. The Morgan fingerprint density at radius 1 is 1.00 bits per heavy atom. The summed E-state index contributed by atoms with van der Waals surface area (Å²) in [6.45, 7) is 4.33. The van der Waals surface area contributed by atoms with E-state index in [2.05, 4.69) is 9.82 Å². The first kappa shape index (κ1) is 17.4. The van der Waals surface area contributed by atoms with Crippen molar-refractivity contribution >= 4 is 10.0 Å². The smallest absolute Gasteiger partial charge is 0.244 e. The SMILES string of the molecule is CCn1ncc(S(=O)(=O)NC(c2ccccc2)c2ccccc2)c1C. The summed E-state index contributed by atoms with van der Waals surface area (Å²) in [7, 11) is -3.71. The molecule has 3 rings (SSSR count). The molecule has 0 unspecified atom stereocenters. The van der Waals surface area contributed by atoms with E-state index in [9.17, 15) is 8.42 Å². The molecular weight excluding hydrogens is 334 g/mol. The van der Waals surface area contributed by atoms with Gasteiger partial charge in [0.1, 0.15) is 4.90 Å². The van der Waals surface area contributed by atoms with Crippen LogP contribution in [0.2, 0.25) is 0 Å². The van der Waals surface area contributed by atoms with Gasteiger partial charge in [0.2, 0.25) is 10.0 Å². The normalized spacial score (nSPS) is 11.8. The van der Waals surface area contributed by atoms with Crippen LogP contribution in [0.15, 0.2) is 71.8 Å². The molecule has 5 nitrogen and oxygen atoms in total. The molecular formula is C19H21N3O2S. The van der Waals surface area contributed by atoms with E-state index < -0.39 is 16.1 Å². The zero-order chi connectivity index (χ0) is 17.9. The van der Waals surface area contributed by atoms with E-state index in [0.717, 1.165) is 11.1 Å². The number of hydrogen-bond donors (Lipinski definition) is 1. The molecule has 25 heavy (non-hydrogen) atoms. The van der Waals surface area contributed by atoms with E-state index in [0.29, 0.717) is 12.2 Å². The number of rotatable bonds is 6. The van der Waals surface area contributed by atoms with Gasteiger partial charge in [-0.05, 0) is 25.0 Å². The van der Waals surface area contributed by atoms with Gasteiger partial charge in [-0.3, -0.25) is 4.68 Å². The molecule has 130 valence electrons. The Labute approximate surface area is 148 Å². The van der Waals surface area contributed by atoms with Gasteiger partial charge in [0.15, 0.2) is 0 Å². The summed E-state index contributed by atoms with van der Waals surface area (Å²) in [5.74, 6) is 0. The maximum absolute atomic E-state index is 13.0. The minimum absolute atomic E-state index is 0.214. The van der Waals surface area contributed by atoms with Gasteiger partial charge in [-0.1, -0.05) is 60.7 Å². The van der Waals surface area contributed by atoms with Crippen LogP contribution in [-0.4, -0.2) is 18.2 Å². The Balaban J connectivity index is 2.02. The first-order valence-electron chi connectivity index (χ1n) is 8.17. The molecule has 1 N–H and O–H groups in total. The molecule has 0 aliphatic carbocycles. The number of sulfonamides is 1. The van der Waals surface area contributed by atoms with Crippen LogP contribution in [0, 0.1) is 6.92 Å². The number of nitrogens with one attached hydrogen (secondary N) is 1. The second kappa shape index (κ2) is 7.21. The van der Waals surface area contributed by atoms with Crippen molar-refractivity contribution in [2.75, 3.05) is 0 Å². The molecule has 0 amide bonds. The Bertz CT molecular complexity index is 896. The van der Waals surface area contributed by atoms with E-state index >= 15 is 0 Å². The summed E-state index contributed by atoms with van der Waals surface area (Å²) in [6.07, 6.45) is 1.41. The van der Waals surface area contributed by atoms with Gasteiger partial charge in [-0.25, -0.2) is 8.42 Å². The predicted molar refractivity (Wildman–Crippen MR) is 97.7 cm³/mol. The maximum atomic E-state index is 13.0. The maximum Gasteiger partial charge on any atom is 0.244 e. The van der Waals surface area contributed by atoms with Crippen molar-refractivity contribution < 1.29 is 8.42 Å². The average Bonchev–Trinajstić information content (AvgIpc) is 3.03. The van der Waals surface area contributed by atoms with Gasteiger partial charge < -0.3 is 0 Å². The Hall–Kier alpha value is -2.44. The summed E-state index contributed by atoms with van der Waals surface area (Å²) in [6, 6.07) is 18.7. The summed E-state index contributed by atoms with van der Waals surface area (Å²) in [4.78, 5) is 0.214. The molecule has 1 heterocycles. The molecule has 6 heteroatoms. The zero-order valence-corrected chi connectivity index (χ0v) is 15.1. The lowest BCUT2D eigenvalue weighted by atomic mass is 10.00. The molecule has 0 radical (unpaired) electrons. The molecule has 0 spiro atoms. The Morgan fingerprint density at radius 3 is 1.96 bits per heavy atom. The molecule has 0 bridgehead atoms. The fourth-order valence-electron chi connectivity index (χ4n) is 2.85. The van der Waals surface area contributed by atoms with Crippen molar-refractivity contribution in [3.63, 3.8) is 0 Å². The van der Waals surface area contributed by atoms with E-state index in [-0.39, 0.29) is 4.90 Å². The molecule has 0 fully saturated rings. The van der Waals surface area contributed by atoms with E-state index in [1.54, 1.807) is 11.6 Å². The van der Waals surface area contributed by atoms with Crippen LogP contribution in [0.4, 0.5) is 0 Å². The molecule has 0 saturated heterocycles. The van der Waals surface area contributed by atoms with Crippen LogP contribution in [0.3, 0.4) is 0 Å². The van der Waals surface area contributed by atoms with Crippen LogP contribution >= 0.6 is 0 Å². The first-order valence-corrected chi connectivity index (χ1v) is 9.66. The highest BCUT2D eigenvalue weighted by atomic mass is 32.2. The van der Waals surface area contributed by atoms with Crippen molar-refractivity contribution in [1.29, 1.82) is 0 Å². The van der Waals surface area contributed by atoms with Gasteiger partial charge in [0.25, 0.3) is 0 Å². The molecule has 0 saturated carbocycles. The van der Waals surface area contributed by atoms with Crippen LogP contribution in [0.5, 0.6) is 0 Å². The molecule has 1 aromatic heterocycles. The van der Waals surface area contributed by atoms with Gasteiger partial charge in [-0.2, -0.15) is 9.82 Å². The summed E-state index contributed by atoms with van der Waals surface area (Å²) in [5.41, 5.74) is 2.41. The molecule has 0 aliphatic rings. The highest BCUT2D eigenvalue weighted by Crippen LogP contribution is 2.25. The predicted octanol–water partition coefficient (Wildman–Crippen LogP) is 3.28. The lowest BCUT2D eigenvalue weighted by Crippen LogP contribution is -2.29. The fraction of sp³-hybridized carbons (Fsp3) is 0.211. The molecule has 0 aliphatic heterocycles. The number of aryl methyl sites for hydroxylation is 1. The molecule has 2 aromatic carbocycles. The average molecular weight is 355 g/mol. The molecule has 0 atom stereocenters. The van der Waals surface area contributed by atoms with Crippen LogP contribution in [0.25, 0.3) is 0 Å². The monoisotopic (exact) mass is 355 g/mol. The summed E-state index contributed by atoms with van der Waals surface area (Å²) in [5, 5.41) is 4.15. The van der Waals surface area contributed by atoms with Gasteiger partial charge in [0, 0.05) is 6.54 Å². The van der Waals surface area contributed by atoms with Crippen LogP contribution in [0.1, 0.15) is 29.8 Å². The third kappa shape index (κ3) is 3.65. The minimum atomic E-state index is -3.71. The lowest BCUT2D eigenvalue weighted by molar-refractivity contribution is 0.570. The van der Waals surface area contributed by atoms with Gasteiger partial charge in [-0.15, -0.1) is 0 Å². The second-order valence-corrected chi connectivity index (χ2v) is 7.47. The summed E-state index contributed by atoms with van der Waals surface area (Å²) < 4.78 is 30.5. The standard InChI is InChI=1S/C19H21N3O2S/c1-3-22-15(2)18(14-20-22)25(23,24)21-19(16-10-6-4-7-11-16)17-12-8-5-9-13-17/h4-14,19,21H,3H2,1-2H3. The highest BCUT2D eigenvalue weighted by Gasteiger charge is 2.26.